The van der Waals surface area contributed by atoms with Gasteiger partial charge in [0.25, 0.3) is 0 Å². The Morgan fingerprint density at radius 1 is 1.44 bits per heavy atom. The standard InChI is InChI=1S/C13H22N4O/c1-11(2)15-9-12-14-5-8-17(12)10-13(18)16-6-3-4-7-16/h5,8,11,15H,3-4,6-7,9-10H2,1-2H3. The number of carbonyl (C=O) groups excluding carboxylic acids is 1. The average molecular weight is 250 g/mol. The predicted octanol–water partition coefficient (Wildman–Crippen LogP) is 1.00. The number of likely N-dealkylation sites (tertiary alicyclic amines) is 1. The Bertz CT molecular complexity index is 393. The van der Waals surface area contributed by atoms with E-state index in [1.54, 1.807) is 6.20 Å². The molecule has 2 heterocycles. The highest BCUT2D eigenvalue weighted by molar-refractivity contribution is 5.76. The van der Waals surface area contributed by atoms with Gasteiger partial charge in [0.1, 0.15) is 12.4 Å². The number of carbonyl (C=O) groups is 1. The molecule has 0 unspecified atom stereocenters. The van der Waals surface area contributed by atoms with Crippen molar-refractivity contribution < 1.29 is 4.79 Å². The molecule has 0 aliphatic carbocycles. The fourth-order valence-electron chi connectivity index (χ4n) is 2.16. The summed E-state index contributed by atoms with van der Waals surface area (Å²) in [5, 5.41) is 3.32. The second-order valence-electron chi connectivity index (χ2n) is 5.09. The smallest absolute Gasteiger partial charge is 0.242 e. The zero-order valence-corrected chi connectivity index (χ0v) is 11.2. The SMILES string of the molecule is CC(C)NCc1nccn1CC(=O)N1CCCC1. The quantitative estimate of drug-likeness (QED) is 0.848. The first-order chi connectivity index (χ1) is 8.66. The molecule has 0 saturated carbocycles. The lowest BCUT2D eigenvalue weighted by Gasteiger charge is -2.17. The van der Waals surface area contributed by atoms with Gasteiger partial charge in [-0.15, -0.1) is 0 Å². The Hall–Kier alpha value is -1.36. The van der Waals surface area contributed by atoms with Gasteiger partial charge in [-0.2, -0.15) is 0 Å². The van der Waals surface area contributed by atoms with Crippen molar-refractivity contribution in [3.8, 4) is 0 Å². The Balaban J connectivity index is 1.92. The Kier molecular flexibility index (Phi) is 4.36. The van der Waals surface area contributed by atoms with Crippen molar-refractivity contribution in [1.29, 1.82) is 0 Å². The van der Waals surface area contributed by atoms with Crippen molar-refractivity contribution in [3.05, 3.63) is 18.2 Å². The number of aromatic nitrogens is 2. The largest absolute Gasteiger partial charge is 0.341 e. The van der Waals surface area contributed by atoms with Crippen LogP contribution in [0.25, 0.3) is 0 Å². The van der Waals surface area contributed by atoms with Crippen LogP contribution >= 0.6 is 0 Å². The van der Waals surface area contributed by atoms with E-state index in [0.29, 0.717) is 19.1 Å². The number of amides is 1. The molecule has 1 aromatic heterocycles. The number of imidazole rings is 1. The van der Waals surface area contributed by atoms with Crippen molar-refractivity contribution in [1.82, 2.24) is 19.8 Å². The Morgan fingerprint density at radius 3 is 2.83 bits per heavy atom. The number of hydrogen-bond acceptors (Lipinski definition) is 3. The van der Waals surface area contributed by atoms with Crippen LogP contribution in [0.1, 0.15) is 32.5 Å². The van der Waals surface area contributed by atoms with Crippen LogP contribution < -0.4 is 5.32 Å². The summed E-state index contributed by atoms with van der Waals surface area (Å²) in [5.74, 6) is 1.13. The maximum absolute atomic E-state index is 12.1. The van der Waals surface area contributed by atoms with Crippen molar-refractivity contribution in [2.24, 2.45) is 0 Å². The lowest BCUT2D eigenvalue weighted by molar-refractivity contribution is -0.130. The van der Waals surface area contributed by atoms with Gasteiger partial charge in [-0.3, -0.25) is 4.79 Å². The molecule has 1 aliphatic heterocycles. The molecule has 2 rings (SSSR count). The first-order valence-corrected chi connectivity index (χ1v) is 6.68. The van der Waals surface area contributed by atoms with E-state index in [0.717, 1.165) is 31.8 Å². The molecule has 0 spiro atoms. The van der Waals surface area contributed by atoms with Crippen molar-refractivity contribution in [2.75, 3.05) is 13.1 Å². The molecular formula is C13H22N4O. The lowest BCUT2D eigenvalue weighted by Crippen LogP contribution is -2.32. The number of nitrogens with one attached hydrogen (secondary N) is 1. The molecule has 100 valence electrons. The molecule has 1 amide bonds. The molecule has 5 heteroatoms. The zero-order chi connectivity index (χ0) is 13.0. The van der Waals surface area contributed by atoms with Crippen LogP contribution in [0.15, 0.2) is 12.4 Å². The summed E-state index contributed by atoms with van der Waals surface area (Å²) in [6.45, 7) is 7.14. The number of nitrogens with zero attached hydrogens (tertiary/aromatic N) is 3. The highest BCUT2D eigenvalue weighted by Crippen LogP contribution is 2.09. The van der Waals surface area contributed by atoms with Crippen LogP contribution in [0.3, 0.4) is 0 Å². The van der Waals surface area contributed by atoms with E-state index in [4.69, 9.17) is 0 Å². The van der Waals surface area contributed by atoms with Gasteiger partial charge < -0.3 is 14.8 Å². The van der Waals surface area contributed by atoms with Gasteiger partial charge in [-0.05, 0) is 12.8 Å². The summed E-state index contributed by atoms with van der Waals surface area (Å²) in [6, 6.07) is 0.421. The summed E-state index contributed by atoms with van der Waals surface area (Å²) in [6.07, 6.45) is 5.91. The van der Waals surface area contributed by atoms with Crippen LogP contribution in [0.5, 0.6) is 0 Å². The van der Waals surface area contributed by atoms with E-state index in [2.05, 4.69) is 24.1 Å². The first kappa shape index (κ1) is 13.1. The summed E-state index contributed by atoms with van der Waals surface area (Å²) in [4.78, 5) is 18.3. The predicted molar refractivity (Wildman–Crippen MR) is 70.0 cm³/mol. The fourth-order valence-corrected chi connectivity index (χ4v) is 2.16. The molecule has 0 aromatic carbocycles. The van der Waals surface area contributed by atoms with Crippen LogP contribution in [0, 0.1) is 0 Å². The molecule has 18 heavy (non-hydrogen) atoms. The molecule has 0 bridgehead atoms. The highest BCUT2D eigenvalue weighted by Gasteiger charge is 2.18. The van der Waals surface area contributed by atoms with Gasteiger partial charge in [0, 0.05) is 31.5 Å². The van der Waals surface area contributed by atoms with E-state index in [-0.39, 0.29) is 5.91 Å². The molecule has 1 N–H and O–H groups in total. The number of hydrogen-bond donors (Lipinski definition) is 1. The number of rotatable bonds is 5. The van der Waals surface area contributed by atoms with E-state index in [1.807, 2.05) is 15.7 Å². The van der Waals surface area contributed by atoms with E-state index in [9.17, 15) is 4.79 Å². The van der Waals surface area contributed by atoms with Gasteiger partial charge in [-0.1, -0.05) is 13.8 Å². The monoisotopic (exact) mass is 250 g/mol. The summed E-state index contributed by atoms with van der Waals surface area (Å²) < 4.78 is 1.94. The van der Waals surface area contributed by atoms with Gasteiger partial charge in [0.15, 0.2) is 0 Å². The molecule has 1 aliphatic rings. The minimum Gasteiger partial charge on any atom is -0.341 e. The first-order valence-electron chi connectivity index (χ1n) is 6.68. The van der Waals surface area contributed by atoms with Gasteiger partial charge in [0.05, 0.1) is 6.54 Å². The minimum absolute atomic E-state index is 0.205. The van der Waals surface area contributed by atoms with E-state index < -0.39 is 0 Å². The van der Waals surface area contributed by atoms with Crippen molar-refractivity contribution in [2.45, 2.75) is 45.8 Å². The molecular weight excluding hydrogens is 228 g/mol. The normalized spacial score (nSPS) is 15.6. The average Bonchev–Trinajstić information content (AvgIpc) is 2.97. The molecule has 1 saturated heterocycles. The van der Waals surface area contributed by atoms with Crippen molar-refractivity contribution >= 4 is 5.91 Å². The summed E-state index contributed by atoms with van der Waals surface area (Å²) in [5.41, 5.74) is 0. The summed E-state index contributed by atoms with van der Waals surface area (Å²) >= 11 is 0. The molecule has 0 radical (unpaired) electrons. The molecule has 5 nitrogen and oxygen atoms in total. The van der Waals surface area contributed by atoms with Crippen LogP contribution in [-0.2, 0) is 17.9 Å². The van der Waals surface area contributed by atoms with Gasteiger partial charge in [0.2, 0.25) is 5.91 Å². The second-order valence-corrected chi connectivity index (χ2v) is 5.09. The van der Waals surface area contributed by atoms with Crippen LogP contribution in [0.2, 0.25) is 0 Å². The van der Waals surface area contributed by atoms with E-state index in [1.165, 1.54) is 0 Å². The maximum Gasteiger partial charge on any atom is 0.242 e. The van der Waals surface area contributed by atoms with Crippen LogP contribution in [-0.4, -0.2) is 39.5 Å². The van der Waals surface area contributed by atoms with E-state index >= 15 is 0 Å². The molecule has 0 atom stereocenters. The Morgan fingerprint density at radius 2 is 2.17 bits per heavy atom. The molecule has 1 aromatic rings. The van der Waals surface area contributed by atoms with Crippen molar-refractivity contribution in [3.63, 3.8) is 0 Å². The van der Waals surface area contributed by atoms with Gasteiger partial charge in [-0.25, -0.2) is 4.98 Å². The van der Waals surface area contributed by atoms with Crippen LogP contribution in [0.4, 0.5) is 0 Å². The third-order valence-electron chi connectivity index (χ3n) is 3.23. The highest BCUT2D eigenvalue weighted by atomic mass is 16.2. The minimum atomic E-state index is 0.205. The third kappa shape index (κ3) is 3.32. The summed E-state index contributed by atoms with van der Waals surface area (Å²) in [7, 11) is 0. The maximum atomic E-state index is 12.1. The zero-order valence-electron chi connectivity index (χ0n) is 11.2. The third-order valence-corrected chi connectivity index (χ3v) is 3.23. The van der Waals surface area contributed by atoms with Gasteiger partial charge >= 0.3 is 0 Å². The topological polar surface area (TPSA) is 50.2 Å². The molecule has 1 fully saturated rings. The Labute approximate surface area is 108 Å². The second kappa shape index (κ2) is 6.00. The lowest BCUT2D eigenvalue weighted by atomic mass is 10.4. The fraction of sp³-hybridized carbons (Fsp3) is 0.692.